The Hall–Kier alpha value is -1.63. The molecule has 0 radical (unpaired) electrons. The van der Waals surface area contributed by atoms with Crippen LogP contribution in [0.3, 0.4) is 0 Å². The summed E-state index contributed by atoms with van der Waals surface area (Å²) >= 11 is 0. The first-order chi connectivity index (χ1) is 6.24. The van der Waals surface area contributed by atoms with E-state index in [0.29, 0.717) is 6.54 Å². The molecule has 0 bridgehead atoms. The van der Waals surface area contributed by atoms with E-state index in [1.165, 1.54) is 18.3 Å². The van der Waals surface area contributed by atoms with Crippen molar-refractivity contribution >= 4 is 5.82 Å². The van der Waals surface area contributed by atoms with Crippen molar-refractivity contribution in [3.63, 3.8) is 0 Å². The number of hydrogen-bond acceptors (Lipinski definition) is 3. The molecule has 13 heavy (non-hydrogen) atoms. The summed E-state index contributed by atoms with van der Waals surface area (Å²) in [6.45, 7) is 2.16. The van der Waals surface area contributed by atoms with Crippen molar-refractivity contribution < 1.29 is 4.39 Å². The topological polar surface area (TPSA) is 48.7 Å². The summed E-state index contributed by atoms with van der Waals surface area (Å²) in [4.78, 5) is 3.79. The Bertz CT molecular complexity index is 319. The van der Waals surface area contributed by atoms with E-state index in [-0.39, 0.29) is 11.7 Å². The van der Waals surface area contributed by atoms with Gasteiger partial charge in [-0.2, -0.15) is 5.26 Å². The third kappa shape index (κ3) is 2.71. The van der Waals surface area contributed by atoms with Gasteiger partial charge in [-0.25, -0.2) is 9.37 Å². The molecule has 0 aromatic carbocycles. The molecule has 0 fully saturated rings. The summed E-state index contributed by atoms with van der Waals surface area (Å²) in [5.41, 5.74) is 0. The molecular weight excluding hydrogens is 169 g/mol. The smallest absolute Gasteiger partial charge is 0.165 e. The van der Waals surface area contributed by atoms with Crippen molar-refractivity contribution in [2.75, 3.05) is 11.9 Å². The first kappa shape index (κ1) is 9.46. The highest BCUT2D eigenvalue weighted by Gasteiger charge is 2.03. The van der Waals surface area contributed by atoms with E-state index in [9.17, 15) is 4.39 Å². The predicted octanol–water partition coefficient (Wildman–Crippen LogP) is 1.79. The minimum Gasteiger partial charge on any atom is -0.366 e. The Balaban J connectivity index is 2.56. The van der Waals surface area contributed by atoms with Gasteiger partial charge in [0.25, 0.3) is 0 Å². The van der Waals surface area contributed by atoms with Gasteiger partial charge in [0.1, 0.15) is 0 Å². The van der Waals surface area contributed by atoms with Crippen molar-refractivity contribution in [2.45, 2.75) is 6.92 Å². The third-order valence-corrected chi connectivity index (χ3v) is 1.55. The first-order valence-electron chi connectivity index (χ1n) is 3.98. The molecule has 1 aromatic rings. The van der Waals surface area contributed by atoms with E-state index in [1.807, 2.05) is 6.07 Å². The molecule has 0 saturated carbocycles. The highest BCUT2D eigenvalue weighted by molar-refractivity contribution is 5.35. The normalized spacial score (nSPS) is 11.8. The van der Waals surface area contributed by atoms with E-state index in [4.69, 9.17) is 5.26 Å². The number of pyridine rings is 1. The lowest BCUT2D eigenvalue weighted by Crippen LogP contribution is -2.11. The van der Waals surface area contributed by atoms with Crippen LogP contribution in [0.2, 0.25) is 0 Å². The molecule has 0 aliphatic rings. The van der Waals surface area contributed by atoms with Gasteiger partial charge in [-0.15, -0.1) is 0 Å². The van der Waals surface area contributed by atoms with Crippen LogP contribution in [0.15, 0.2) is 18.3 Å². The number of hydrogen-bond donors (Lipinski definition) is 1. The molecule has 1 unspecified atom stereocenters. The van der Waals surface area contributed by atoms with Gasteiger partial charge in [-0.05, 0) is 19.1 Å². The van der Waals surface area contributed by atoms with E-state index in [1.54, 1.807) is 6.92 Å². The highest BCUT2D eigenvalue weighted by Crippen LogP contribution is 2.08. The molecule has 1 aromatic heterocycles. The number of nitrogens with one attached hydrogen (secondary N) is 1. The Morgan fingerprint density at radius 1 is 1.77 bits per heavy atom. The van der Waals surface area contributed by atoms with Crippen LogP contribution in [0.25, 0.3) is 0 Å². The van der Waals surface area contributed by atoms with Crippen LogP contribution in [0.1, 0.15) is 6.92 Å². The third-order valence-electron chi connectivity index (χ3n) is 1.55. The van der Waals surface area contributed by atoms with E-state index in [2.05, 4.69) is 10.3 Å². The fraction of sp³-hybridized carbons (Fsp3) is 0.333. The molecule has 1 heterocycles. The van der Waals surface area contributed by atoms with Crippen LogP contribution in [0.4, 0.5) is 10.2 Å². The quantitative estimate of drug-likeness (QED) is 0.769. The standard InChI is InChI=1S/C9H10FN3/c1-7(5-11)6-13-9-8(10)3-2-4-12-9/h2-4,7H,6H2,1H3,(H,12,13). The second-order valence-corrected chi connectivity index (χ2v) is 2.74. The van der Waals surface area contributed by atoms with Gasteiger partial charge in [0.2, 0.25) is 0 Å². The van der Waals surface area contributed by atoms with Gasteiger partial charge in [0.05, 0.1) is 12.0 Å². The van der Waals surface area contributed by atoms with Gasteiger partial charge in [0, 0.05) is 12.7 Å². The van der Waals surface area contributed by atoms with Crippen LogP contribution in [-0.2, 0) is 0 Å². The van der Waals surface area contributed by atoms with Gasteiger partial charge in [-0.3, -0.25) is 0 Å². The zero-order valence-electron chi connectivity index (χ0n) is 7.29. The highest BCUT2D eigenvalue weighted by atomic mass is 19.1. The van der Waals surface area contributed by atoms with Crippen molar-refractivity contribution in [3.05, 3.63) is 24.1 Å². The summed E-state index contributed by atoms with van der Waals surface area (Å²) in [5.74, 6) is -0.348. The predicted molar refractivity (Wildman–Crippen MR) is 47.5 cm³/mol. The molecule has 3 nitrogen and oxygen atoms in total. The van der Waals surface area contributed by atoms with Gasteiger partial charge >= 0.3 is 0 Å². The average Bonchev–Trinajstić information content (AvgIpc) is 2.16. The molecule has 0 spiro atoms. The van der Waals surface area contributed by atoms with E-state index >= 15 is 0 Å². The fourth-order valence-corrected chi connectivity index (χ4v) is 0.811. The molecule has 68 valence electrons. The summed E-state index contributed by atoms with van der Waals surface area (Å²) in [7, 11) is 0. The summed E-state index contributed by atoms with van der Waals surface area (Å²) in [5, 5.41) is 11.2. The van der Waals surface area contributed by atoms with Crippen molar-refractivity contribution in [2.24, 2.45) is 5.92 Å². The summed E-state index contributed by atoms with van der Waals surface area (Å²) in [6.07, 6.45) is 1.50. The maximum atomic E-state index is 12.9. The summed E-state index contributed by atoms with van der Waals surface area (Å²) < 4.78 is 12.9. The average molecular weight is 179 g/mol. The van der Waals surface area contributed by atoms with E-state index < -0.39 is 5.82 Å². The molecule has 4 heteroatoms. The monoisotopic (exact) mass is 179 g/mol. The zero-order chi connectivity index (χ0) is 9.68. The van der Waals surface area contributed by atoms with Crippen LogP contribution >= 0.6 is 0 Å². The number of aromatic nitrogens is 1. The minimum atomic E-state index is -0.396. The van der Waals surface area contributed by atoms with Crippen LogP contribution < -0.4 is 5.32 Å². The lowest BCUT2D eigenvalue weighted by atomic mass is 10.2. The molecular formula is C9H10FN3. The van der Waals surface area contributed by atoms with Gasteiger partial charge in [0.15, 0.2) is 11.6 Å². The van der Waals surface area contributed by atoms with Crippen LogP contribution in [0, 0.1) is 23.1 Å². The second-order valence-electron chi connectivity index (χ2n) is 2.74. The number of nitrogens with zero attached hydrogens (tertiary/aromatic N) is 2. The summed E-state index contributed by atoms with van der Waals surface area (Å²) in [6, 6.07) is 4.89. The van der Waals surface area contributed by atoms with Crippen molar-refractivity contribution in [1.29, 1.82) is 5.26 Å². The van der Waals surface area contributed by atoms with Crippen molar-refractivity contribution in [3.8, 4) is 6.07 Å². The SMILES string of the molecule is CC(C#N)CNc1ncccc1F. The molecule has 0 aliphatic carbocycles. The molecule has 0 saturated heterocycles. The van der Waals surface area contributed by atoms with Crippen molar-refractivity contribution in [1.82, 2.24) is 4.98 Å². The molecule has 1 N–H and O–H groups in total. The Morgan fingerprint density at radius 3 is 3.15 bits per heavy atom. The molecule has 0 aliphatic heterocycles. The molecule has 1 atom stereocenters. The van der Waals surface area contributed by atoms with Crippen LogP contribution in [0.5, 0.6) is 0 Å². The number of halogens is 1. The maximum absolute atomic E-state index is 12.9. The van der Waals surface area contributed by atoms with E-state index in [0.717, 1.165) is 0 Å². The van der Waals surface area contributed by atoms with Crippen LogP contribution in [-0.4, -0.2) is 11.5 Å². The lowest BCUT2D eigenvalue weighted by molar-refractivity contribution is 0.622. The molecule has 1 rings (SSSR count). The Kier molecular flexibility index (Phi) is 3.21. The van der Waals surface area contributed by atoms with Gasteiger partial charge < -0.3 is 5.32 Å². The largest absolute Gasteiger partial charge is 0.366 e. The minimum absolute atomic E-state index is 0.151. The van der Waals surface area contributed by atoms with Gasteiger partial charge in [-0.1, -0.05) is 0 Å². The number of rotatable bonds is 3. The first-order valence-corrected chi connectivity index (χ1v) is 3.98. The maximum Gasteiger partial charge on any atom is 0.165 e. The Labute approximate surface area is 76.2 Å². The number of nitriles is 1. The zero-order valence-corrected chi connectivity index (χ0v) is 7.29. The Morgan fingerprint density at radius 2 is 2.54 bits per heavy atom. The molecule has 0 amide bonds. The lowest BCUT2D eigenvalue weighted by Gasteiger charge is -2.06. The second kappa shape index (κ2) is 4.41. The fourth-order valence-electron chi connectivity index (χ4n) is 0.811. The number of anilines is 1.